The highest BCUT2D eigenvalue weighted by atomic mass is 16.5. The van der Waals surface area contributed by atoms with Gasteiger partial charge in [-0.05, 0) is 61.7 Å². The number of nitrogens with one attached hydrogen (secondary N) is 1. The largest absolute Gasteiger partial charge is 0.369 e. The number of piperidine rings is 1. The van der Waals surface area contributed by atoms with Crippen LogP contribution in [-0.2, 0) is 22.6 Å². The maximum Gasteiger partial charge on any atom is 0.255 e. The summed E-state index contributed by atoms with van der Waals surface area (Å²) in [5, 5.41) is 6.45. The van der Waals surface area contributed by atoms with E-state index in [1.807, 2.05) is 31.2 Å². The molecular weight excluding hydrogens is 498 g/mol. The van der Waals surface area contributed by atoms with Crippen molar-refractivity contribution in [1.82, 2.24) is 30.2 Å². The molecule has 3 amide bonds. The first-order valence-electron chi connectivity index (χ1n) is 13.5. The van der Waals surface area contributed by atoms with Crippen LogP contribution in [0.5, 0.6) is 0 Å². The highest BCUT2D eigenvalue weighted by Gasteiger charge is 2.39. The van der Waals surface area contributed by atoms with E-state index >= 15 is 0 Å². The Morgan fingerprint density at radius 3 is 2.74 bits per heavy atom. The quantitative estimate of drug-likeness (QED) is 0.457. The van der Waals surface area contributed by atoms with Gasteiger partial charge in [0.05, 0.1) is 0 Å². The van der Waals surface area contributed by atoms with Crippen molar-refractivity contribution in [1.29, 1.82) is 0 Å². The number of fused-ring (bicyclic) bond motifs is 1. The monoisotopic (exact) mass is 529 g/mol. The molecule has 11 nitrogen and oxygen atoms in total. The fourth-order valence-electron chi connectivity index (χ4n) is 5.61. The molecule has 5 heterocycles. The van der Waals surface area contributed by atoms with E-state index in [1.165, 1.54) is 0 Å². The van der Waals surface area contributed by atoms with Crippen molar-refractivity contribution in [3.8, 4) is 11.5 Å². The molecule has 2 saturated heterocycles. The van der Waals surface area contributed by atoms with Crippen molar-refractivity contribution < 1.29 is 18.9 Å². The maximum absolute atomic E-state index is 13.0. The van der Waals surface area contributed by atoms with Crippen LogP contribution in [-0.4, -0.2) is 81.4 Å². The van der Waals surface area contributed by atoms with Gasteiger partial charge in [-0.1, -0.05) is 11.2 Å². The number of aromatic nitrogens is 3. The van der Waals surface area contributed by atoms with Crippen LogP contribution in [0.25, 0.3) is 11.5 Å². The van der Waals surface area contributed by atoms with Crippen LogP contribution in [0.1, 0.15) is 46.6 Å². The number of benzene rings is 1. The molecule has 39 heavy (non-hydrogen) atoms. The topological polar surface area (TPSA) is 125 Å². The molecule has 1 unspecified atom stereocenters. The lowest BCUT2D eigenvalue weighted by molar-refractivity contribution is -0.136. The third kappa shape index (κ3) is 5.14. The van der Waals surface area contributed by atoms with Gasteiger partial charge in [-0.15, -0.1) is 0 Å². The Morgan fingerprint density at radius 2 is 1.95 bits per heavy atom. The summed E-state index contributed by atoms with van der Waals surface area (Å²) in [6.07, 6.45) is 4.02. The zero-order valence-corrected chi connectivity index (χ0v) is 21.9. The third-order valence-corrected chi connectivity index (χ3v) is 7.80. The van der Waals surface area contributed by atoms with Gasteiger partial charge in [0.25, 0.3) is 5.91 Å². The predicted octanol–water partition coefficient (Wildman–Crippen LogP) is 1.96. The van der Waals surface area contributed by atoms with E-state index < -0.39 is 6.04 Å². The predicted molar refractivity (Wildman–Crippen MR) is 142 cm³/mol. The Bertz CT molecular complexity index is 1410. The second-order valence-electron chi connectivity index (χ2n) is 10.4. The van der Waals surface area contributed by atoms with Crippen LogP contribution >= 0.6 is 0 Å². The van der Waals surface area contributed by atoms with Crippen LogP contribution in [0.2, 0.25) is 0 Å². The SMILES string of the molecule is Cc1cccnc1-c1noc(CCCN2CCN(c3ccc4c(c3)CN(C3CCC(=O)NC3=O)C4=O)CC2)n1. The van der Waals surface area contributed by atoms with Gasteiger partial charge in [0.1, 0.15) is 11.7 Å². The van der Waals surface area contributed by atoms with Crippen molar-refractivity contribution in [2.75, 3.05) is 37.6 Å². The fourth-order valence-corrected chi connectivity index (χ4v) is 5.61. The first-order valence-corrected chi connectivity index (χ1v) is 13.5. The lowest BCUT2D eigenvalue weighted by atomic mass is 10.0. The van der Waals surface area contributed by atoms with Crippen LogP contribution in [0.3, 0.4) is 0 Å². The van der Waals surface area contributed by atoms with E-state index in [2.05, 4.69) is 36.3 Å². The second kappa shape index (κ2) is 10.6. The number of amides is 3. The zero-order valence-electron chi connectivity index (χ0n) is 21.9. The highest BCUT2D eigenvalue weighted by molar-refractivity contribution is 6.05. The number of rotatable bonds is 7. The number of nitrogens with zero attached hydrogens (tertiary/aromatic N) is 6. The second-order valence-corrected chi connectivity index (χ2v) is 10.4. The van der Waals surface area contributed by atoms with Crippen LogP contribution in [0.15, 0.2) is 41.1 Å². The number of pyridine rings is 1. The van der Waals surface area contributed by atoms with Crippen molar-refractivity contribution in [2.24, 2.45) is 0 Å². The summed E-state index contributed by atoms with van der Waals surface area (Å²) in [6, 6.07) is 9.23. The lowest BCUT2D eigenvalue weighted by Crippen LogP contribution is -2.52. The van der Waals surface area contributed by atoms with E-state index in [9.17, 15) is 14.4 Å². The van der Waals surface area contributed by atoms with Crippen LogP contribution in [0.4, 0.5) is 5.69 Å². The van der Waals surface area contributed by atoms with Crippen molar-refractivity contribution in [3.05, 3.63) is 59.1 Å². The van der Waals surface area contributed by atoms with Gasteiger partial charge in [0, 0.05) is 63.0 Å². The third-order valence-electron chi connectivity index (χ3n) is 7.80. The molecule has 0 saturated carbocycles. The van der Waals surface area contributed by atoms with Gasteiger partial charge in [0.15, 0.2) is 0 Å². The molecule has 202 valence electrons. The number of piperazine rings is 1. The van der Waals surface area contributed by atoms with Crippen molar-refractivity contribution >= 4 is 23.4 Å². The summed E-state index contributed by atoms with van der Waals surface area (Å²) in [5.74, 6) is 0.369. The molecule has 0 radical (unpaired) electrons. The lowest BCUT2D eigenvalue weighted by Gasteiger charge is -2.36. The summed E-state index contributed by atoms with van der Waals surface area (Å²) in [7, 11) is 0. The molecule has 3 aromatic rings. The summed E-state index contributed by atoms with van der Waals surface area (Å²) in [4.78, 5) is 52.0. The van der Waals surface area contributed by atoms with Crippen LogP contribution < -0.4 is 10.2 Å². The first-order chi connectivity index (χ1) is 19.0. The Labute approximate surface area is 226 Å². The van der Waals surface area contributed by atoms with Gasteiger partial charge >= 0.3 is 0 Å². The Kier molecular flexibility index (Phi) is 6.82. The number of imide groups is 1. The van der Waals surface area contributed by atoms with E-state index in [-0.39, 0.29) is 24.1 Å². The van der Waals surface area contributed by atoms with Gasteiger partial charge in [-0.2, -0.15) is 4.98 Å². The molecule has 3 aliphatic heterocycles. The Balaban J connectivity index is 0.994. The van der Waals surface area contributed by atoms with Crippen molar-refractivity contribution in [3.63, 3.8) is 0 Å². The molecule has 0 aliphatic carbocycles. The number of carbonyl (C=O) groups excluding carboxylic acids is 3. The molecule has 11 heteroatoms. The molecule has 0 spiro atoms. The normalized spacial score (nSPS) is 19.9. The van der Waals surface area contributed by atoms with E-state index in [4.69, 9.17) is 4.52 Å². The fraction of sp³-hybridized carbons (Fsp3) is 0.429. The summed E-state index contributed by atoms with van der Waals surface area (Å²) >= 11 is 0. The molecular formula is C28H31N7O4. The van der Waals surface area contributed by atoms with E-state index in [1.54, 1.807) is 11.1 Å². The minimum Gasteiger partial charge on any atom is -0.369 e. The molecule has 2 fully saturated rings. The summed E-state index contributed by atoms with van der Waals surface area (Å²) < 4.78 is 5.45. The average molecular weight is 530 g/mol. The molecule has 1 atom stereocenters. The van der Waals surface area contributed by atoms with Crippen molar-refractivity contribution in [2.45, 2.75) is 45.2 Å². The summed E-state index contributed by atoms with van der Waals surface area (Å²) in [6.45, 7) is 7.01. The van der Waals surface area contributed by atoms with Gasteiger partial charge in [-0.25, -0.2) is 0 Å². The minimum absolute atomic E-state index is 0.139. The Morgan fingerprint density at radius 1 is 1.10 bits per heavy atom. The number of hydrogen-bond acceptors (Lipinski definition) is 9. The first kappa shape index (κ1) is 25.2. The maximum atomic E-state index is 13.0. The molecule has 0 bridgehead atoms. The molecule has 6 rings (SSSR count). The van der Waals surface area contributed by atoms with Gasteiger partial charge in [-0.3, -0.25) is 29.6 Å². The van der Waals surface area contributed by atoms with Gasteiger partial charge < -0.3 is 14.3 Å². The molecule has 1 N–H and O–H groups in total. The Hall–Kier alpha value is -4.12. The summed E-state index contributed by atoms with van der Waals surface area (Å²) in [5.41, 5.74) is 4.44. The standard InChI is InChI=1S/C28H31N7O4/c1-18-4-2-10-29-25(18)26-31-24(39-32-26)5-3-11-33-12-14-34(15-13-33)20-6-7-21-19(16-20)17-35(28(21)38)22-8-9-23(36)30-27(22)37/h2,4,6-7,10,16,22H,3,5,8-9,11-15,17H2,1H3,(H,30,36,37). The smallest absolute Gasteiger partial charge is 0.255 e. The van der Waals surface area contributed by atoms with Crippen LogP contribution in [0, 0.1) is 6.92 Å². The van der Waals surface area contributed by atoms with E-state index in [0.29, 0.717) is 30.2 Å². The number of hydrogen-bond donors (Lipinski definition) is 1. The number of anilines is 1. The molecule has 2 aromatic heterocycles. The number of carbonyl (C=O) groups is 3. The van der Waals surface area contributed by atoms with E-state index in [0.717, 1.165) is 68.1 Å². The zero-order chi connectivity index (χ0) is 26.9. The minimum atomic E-state index is -0.590. The molecule has 1 aromatic carbocycles. The average Bonchev–Trinajstić information content (AvgIpc) is 3.53. The van der Waals surface area contributed by atoms with Gasteiger partial charge in [0.2, 0.25) is 23.5 Å². The highest BCUT2D eigenvalue weighted by Crippen LogP contribution is 2.31. The number of aryl methyl sites for hydroxylation is 2. The molecule has 3 aliphatic rings.